The van der Waals surface area contributed by atoms with Crippen LogP contribution >= 0.6 is 23.5 Å². The van der Waals surface area contributed by atoms with E-state index in [0.717, 1.165) is 33.8 Å². The second kappa shape index (κ2) is 9.27. The molecule has 0 spiro atoms. The Kier molecular flexibility index (Phi) is 6.30. The van der Waals surface area contributed by atoms with E-state index in [1.54, 1.807) is 41.9 Å². The van der Waals surface area contributed by atoms with Crippen molar-refractivity contribution in [2.45, 2.75) is 24.9 Å². The Hall–Kier alpha value is -2.59. The van der Waals surface area contributed by atoms with E-state index in [4.69, 9.17) is 4.99 Å². The zero-order valence-electron chi connectivity index (χ0n) is 15.5. The molecule has 10 heteroatoms. The van der Waals surface area contributed by atoms with Crippen molar-refractivity contribution in [1.82, 2.24) is 15.8 Å². The second-order valence-electron chi connectivity index (χ2n) is 6.74. The number of amidine groups is 2. The molecule has 2 aromatic rings. The highest BCUT2D eigenvalue weighted by molar-refractivity contribution is 8.14. The van der Waals surface area contributed by atoms with Crippen molar-refractivity contribution in [3.63, 3.8) is 0 Å². The minimum atomic E-state index is -0.366. The summed E-state index contributed by atoms with van der Waals surface area (Å²) in [4.78, 5) is 24.1. The Balaban J connectivity index is 1.27. The first-order chi connectivity index (χ1) is 14.2. The maximum Gasteiger partial charge on any atom is 0.269 e. The molecule has 2 unspecified atom stereocenters. The Morgan fingerprint density at radius 3 is 2.28 bits per heavy atom. The summed E-state index contributed by atoms with van der Waals surface area (Å²) in [6.07, 6.45) is 5.23. The predicted octanol–water partition coefficient (Wildman–Crippen LogP) is 2.81. The maximum atomic E-state index is 10.9. The van der Waals surface area contributed by atoms with Crippen LogP contribution in [0, 0.1) is 10.1 Å². The van der Waals surface area contributed by atoms with Crippen molar-refractivity contribution < 1.29 is 4.92 Å². The molecule has 8 nitrogen and oxygen atoms in total. The lowest BCUT2D eigenvalue weighted by Gasteiger charge is -2.07. The van der Waals surface area contributed by atoms with Crippen LogP contribution in [0.2, 0.25) is 0 Å². The fraction of sp³-hybridized carbons (Fsp3) is 0.316. The van der Waals surface area contributed by atoms with E-state index in [1.165, 1.54) is 11.6 Å². The molecule has 2 aliphatic rings. The van der Waals surface area contributed by atoms with Gasteiger partial charge in [0, 0.05) is 36.0 Å². The number of non-ortho nitro benzene ring substituents is 1. The number of pyridine rings is 1. The number of hydrogen-bond acceptors (Lipinski definition) is 9. The van der Waals surface area contributed by atoms with Gasteiger partial charge < -0.3 is 0 Å². The molecule has 2 N–H and O–H groups in total. The predicted molar refractivity (Wildman–Crippen MR) is 118 cm³/mol. The summed E-state index contributed by atoms with van der Waals surface area (Å²) in [5, 5.41) is 12.6. The number of rotatable bonds is 5. The molecule has 0 aliphatic carbocycles. The van der Waals surface area contributed by atoms with E-state index >= 15 is 0 Å². The summed E-state index contributed by atoms with van der Waals surface area (Å²) in [6.45, 7) is 0. The lowest BCUT2D eigenvalue weighted by molar-refractivity contribution is -0.384. The number of nitrogens with one attached hydrogen (secondary N) is 2. The summed E-state index contributed by atoms with van der Waals surface area (Å²) in [6, 6.07) is 11.1. The molecule has 1 aromatic carbocycles. The zero-order chi connectivity index (χ0) is 20.1. The largest absolute Gasteiger partial charge is 0.277 e. The summed E-state index contributed by atoms with van der Waals surface area (Å²) >= 11 is 3.33. The van der Waals surface area contributed by atoms with E-state index < -0.39 is 0 Å². The lowest BCUT2D eigenvalue weighted by atomic mass is 10.1. The molecule has 29 heavy (non-hydrogen) atoms. The van der Waals surface area contributed by atoms with E-state index in [0.29, 0.717) is 6.42 Å². The van der Waals surface area contributed by atoms with Gasteiger partial charge in [0.25, 0.3) is 5.69 Å². The molecule has 0 amide bonds. The van der Waals surface area contributed by atoms with Crippen LogP contribution < -0.4 is 10.9 Å². The number of hydrogen-bond donors (Lipinski definition) is 2. The van der Waals surface area contributed by atoms with Crippen molar-refractivity contribution in [2.24, 2.45) is 9.98 Å². The number of aliphatic imine (C=N–C) groups is 2. The van der Waals surface area contributed by atoms with E-state index in [2.05, 4.69) is 26.9 Å². The van der Waals surface area contributed by atoms with Gasteiger partial charge in [-0.3, -0.25) is 35.9 Å². The fourth-order valence-corrected chi connectivity index (χ4v) is 4.92. The van der Waals surface area contributed by atoms with Crippen LogP contribution in [0.15, 0.2) is 58.8 Å². The number of nitrogens with zero attached hydrogens (tertiary/aromatic N) is 4. The Morgan fingerprint density at radius 2 is 1.66 bits per heavy atom. The second-order valence-corrected chi connectivity index (χ2v) is 8.76. The average molecular weight is 429 g/mol. The smallest absolute Gasteiger partial charge is 0.269 e. The highest BCUT2D eigenvalue weighted by Crippen LogP contribution is 2.23. The molecule has 150 valence electrons. The molecule has 0 saturated carbocycles. The highest BCUT2D eigenvalue weighted by atomic mass is 32.2. The molecule has 2 atom stereocenters. The summed E-state index contributed by atoms with van der Waals surface area (Å²) in [7, 11) is 0. The van der Waals surface area contributed by atoms with Gasteiger partial charge in [-0.25, -0.2) is 0 Å². The van der Waals surface area contributed by atoms with Crippen LogP contribution in [-0.4, -0.2) is 43.8 Å². The van der Waals surface area contributed by atoms with Crippen molar-refractivity contribution in [2.75, 3.05) is 11.5 Å². The quantitative estimate of drug-likeness (QED) is 0.557. The first kappa shape index (κ1) is 19.7. The van der Waals surface area contributed by atoms with E-state index in [1.807, 2.05) is 18.3 Å². The van der Waals surface area contributed by atoms with Gasteiger partial charge in [0.1, 0.15) is 0 Å². The molecule has 1 aromatic heterocycles. The van der Waals surface area contributed by atoms with Crippen LogP contribution in [0.4, 0.5) is 5.69 Å². The number of aromatic nitrogens is 1. The van der Waals surface area contributed by atoms with E-state index in [9.17, 15) is 10.1 Å². The van der Waals surface area contributed by atoms with Crippen molar-refractivity contribution in [3.8, 4) is 0 Å². The first-order valence-corrected chi connectivity index (χ1v) is 11.2. The van der Waals surface area contributed by atoms with Gasteiger partial charge in [-0.1, -0.05) is 41.7 Å². The third-order valence-electron chi connectivity index (χ3n) is 4.49. The van der Waals surface area contributed by atoms with Gasteiger partial charge in [0.15, 0.2) is 10.3 Å². The first-order valence-electron chi connectivity index (χ1n) is 9.21. The third-order valence-corrected chi connectivity index (χ3v) is 6.55. The number of nitro benzene ring substituents is 1. The molecule has 4 rings (SSSR count). The Bertz CT molecular complexity index is 937. The highest BCUT2D eigenvalue weighted by Gasteiger charge is 2.22. The van der Waals surface area contributed by atoms with Crippen molar-refractivity contribution >= 4 is 39.5 Å². The van der Waals surface area contributed by atoms with Crippen molar-refractivity contribution in [3.05, 3.63) is 70.0 Å². The molecule has 0 fully saturated rings. The van der Waals surface area contributed by atoms with Crippen LogP contribution in [0.3, 0.4) is 0 Å². The maximum absolute atomic E-state index is 10.9. The molecule has 3 heterocycles. The van der Waals surface area contributed by atoms with E-state index in [-0.39, 0.29) is 22.7 Å². The summed E-state index contributed by atoms with van der Waals surface area (Å²) in [5.41, 5.74) is 8.54. The Morgan fingerprint density at radius 1 is 1.00 bits per heavy atom. The van der Waals surface area contributed by atoms with Crippen LogP contribution in [-0.2, 0) is 12.8 Å². The number of thioether (sulfide) groups is 2. The van der Waals surface area contributed by atoms with Gasteiger partial charge in [-0.05, 0) is 30.0 Å². The standard InChI is InChI=1S/C19H20N6O2S2/c26-25(27)17-5-1-3-13(9-17)7-15-11-28-18(21-15)23-24-19-22-16(12-29-19)8-14-4-2-6-20-10-14/h1-6,9-10,15-16H,7-8,11-12H2,(H,21,23)(H,22,24). The molecular formula is C19H20N6O2S2. The Labute approximate surface area is 176 Å². The minimum Gasteiger partial charge on any atom is -0.277 e. The lowest BCUT2D eigenvalue weighted by Crippen LogP contribution is -2.38. The molecule has 0 saturated heterocycles. The number of nitro groups is 1. The topological polar surface area (TPSA) is 105 Å². The van der Waals surface area contributed by atoms with Gasteiger partial charge >= 0.3 is 0 Å². The average Bonchev–Trinajstić information content (AvgIpc) is 3.37. The van der Waals surface area contributed by atoms with Crippen LogP contribution in [0.5, 0.6) is 0 Å². The summed E-state index contributed by atoms with van der Waals surface area (Å²) < 4.78 is 0. The normalized spacial score (nSPS) is 20.8. The summed E-state index contributed by atoms with van der Waals surface area (Å²) in [5.74, 6) is 1.78. The molecule has 0 radical (unpaired) electrons. The van der Waals surface area contributed by atoms with Crippen molar-refractivity contribution in [1.29, 1.82) is 0 Å². The monoisotopic (exact) mass is 428 g/mol. The minimum absolute atomic E-state index is 0.0998. The van der Waals surface area contributed by atoms with Gasteiger partial charge in [0.2, 0.25) is 0 Å². The van der Waals surface area contributed by atoms with Gasteiger partial charge in [-0.2, -0.15) is 0 Å². The zero-order valence-corrected chi connectivity index (χ0v) is 17.2. The van der Waals surface area contributed by atoms with Crippen LogP contribution in [0.25, 0.3) is 0 Å². The third kappa shape index (κ3) is 5.48. The van der Waals surface area contributed by atoms with Crippen LogP contribution in [0.1, 0.15) is 11.1 Å². The number of hydrazine groups is 1. The van der Waals surface area contributed by atoms with Gasteiger partial charge in [-0.15, -0.1) is 0 Å². The molecule has 0 bridgehead atoms. The number of benzene rings is 1. The fourth-order valence-electron chi connectivity index (χ4n) is 3.14. The molecular weight excluding hydrogens is 408 g/mol. The SMILES string of the molecule is O=[N+]([O-])c1cccc(CC2CSC(NNC3=NC(Cc4cccnc4)CS3)=N2)c1. The van der Waals surface area contributed by atoms with Gasteiger partial charge in [0.05, 0.1) is 17.0 Å². The molecule has 2 aliphatic heterocycles.